The van der Waals surface area contributed by atoms with Crippen molar-refractivity contribution in [3.05, 3.63) is 65.7 Å². The predicted octanol–water partition coefficient (Wildman–Crippen LogP) is 4.40. The minimum atomic E-state index is -4.40. The molecule has 24 heavy (non-hydrogen) atoms. The van der Waals surface area contributed by atoms with Crippen molar-refractivity contribution in [3.63, 3.8) is 0 Å². The molecule has 0 aromatic heterocycles. The molecule has 0 heterocycles. The Hall–Kier alpha value is -1.54. The van der Waals surface area contributed by atoms with Gasteiger partial charge in [0.1, 0.15) is 4.90 Å². The van der Waals surface area contributed by atoms with E-state index in [1.165, 1.54) is 6.07 Å². The molecule has 0 saturated heterocycles. The molecule has 4 aromatic carbocycles. The van der Waals surface area contributed by atoms with Gasteiger partial charge in [-0.25, -0.2) is 0 Å². The third-order valence-electron chi connectivity index (χ3n) is 4.00. The molecule has 1 N–H and O–H groups in total. The fourth-order valence-electron chi connectivity index (χ4n) is 2.97. The molecule has 0 radical (unpaired) electrons. The maximum atomic E-state index is 11.7. The molecular formula is C18H12ClLiO3S. The van der Waals surface area contributed by atoms with E-state index in [0.717, 1.165) is 21.5 Å². The predicted molar refractivity (Wildman–Crippen MR) is 101 cm³/mol. The molecule has 0 unspecified atom stereocenters. The van der Waals surface area contributed by atoms with E-state index in [0.29, 0.717) is 10.8 Å². The van der Waals surface area contributed by atoms with Crippen molar-refractivity contribution < 1.29 is 13.0 Å². The van der Waals surface area contributed by atoms with E-state index in [9.17, 15) is 13.0 Å². The molecule has 116 valence electrons. The second kappa shape index (κ2) is 6.07. The molecule has 0 aliphatic heterocycles. The van der Waals surface area contributed by atoms with Crippen LogP contribution in [0.5, 0.6) is 0 Å². The van der Waals surface area contributed by atoms with Crippen LogP contribution in [0.4, 0.5) is 0 Å². The number of hydrogen-bond acceptors (Lipinski definition) is 2. The molecule has 0 fully saturated rings. The number of rotatable bonds is 1. The van der Waals surface area contributed by atoms with Crippen LogP contribution in [0.3, 0.4) is 0 Å². The van der Waals surface area contributed by atoms with Gasteiger partial charge in [-0.1, -0.05) is 41.9 Å². The summed E-state index contributed by atoms with van der Waals surface area (Å²) in [5.74, 6) is 0. The van der Waals surface area contributed by atoms with E-state index in [4.69, 9.17) is 11.6 Å². The van der Waals surface area contributed by atoms with Gasteiger partial charge in [-0.2, -0.15) is 8.42 Å². The molecule has 4 aromatic rings. The summed E-state index contributed by atoms with van der Waals surface area (Å²) in [6.07, 6.45) is 0. The average Bonchev–Trinajstić information content (AvgIpc) is 2.49. The van der Waals surface area contributed by atoms with Gasteiger partial charge in [-0.3, -0.25) is 4.55 Å². The topological polar surface area (TPSA) is 54.4 Å². The van der Waals surface area contributed by atoms with Crippen molar-refractivity contribution in [1.82, 2.24) is 0 Å². The zero-order chi connectivity index (χ0) is 16.2. The Kier molecular flexibility index (Phi) is 4.37. The van der Waals surface area contributed by atoms with Crippen LogP contribution in [0.2, 0.25) is 5.02 Å². The molecule has 0 aliphatic carbocycles. The summed E-state index contributed by atoms with van der Waals surface area (Å²) in [4.78, 5) is -0.244. The first-order valence-electron chi connectivity index (χ1n) is 6.96. The van der Waals surface area contributed by atoms with E-state index >= 15 is 0 Å². The quantitative estimate of drug-likeness (QED) is 0.314. The van der Waals surface area contributed by atoms with Crippen LogP contribution in [0.1, 0.15) is 0 Å². The Labute approximate surface area is 156 Å². The number of benzene rings is 4. The summed E-state index contributed by atoms with van der Waals surface area (Å²) < 4.78 is 32.9. The van der Waals surface area contributed by atoms with Crippen molar-refractivity contribution >= 4 is 72.9 Å². The van der Waals surface area contributed by atoms with Crippen molar-refractivity contribution in [3.8, 4) is 0 Å². The second-order valence-corrected chi connectivity index (χ2v) is 7.24. The standard InChI is InChI=1S/C18H11ClO3S.Li.H/c19-17-6-5-13-9-14-7-11-3-1-2-4-12(11)8-15(14)10-16(13)18(17)23(20,21)22;;/h1-10H,(H,20,21,22);;. The Bertz CT molecular complexity index is 1200. The summed E-state index contributed by atoms with van der Waals surface area (Å²) in [7, 11) is -4.40. The van der Waals surface area contributed by atoms with Crippen LogP contribution < -0.4 is 0 Å². The van der Waals surface area contributed by atoms with Gasteiger partial charge < -0.3 is 0 Å². The van der Waals surface area contributed by atoms with E-state index < -0.39 is 10.1 Å². The summed E-state index contributed by atoms with van der Waals surface area (Å²) in [6, 6.07) is 18.9. The average molecular weight is 351 g/mol. The molecule has 6 heteroatoms. The molecule has 0 atom stereocenters. The first kappa shape index (κ1) is 17.3. The minimum absolute atomic E-state index is 0. The fraction of sp³-hybridized carbons (Fsp3) is 0. The molecule has 4 rings (SSSR count). The molecule has 0 bridgehead atoms. The first-order chi connectivity index (χ1) is 10.9. The summed E-state index contributed by atoms with van der Waals surface area (Å²) in [6.45, 7) is 0. The van der Waals surface area contributed by atoms with Crippen LogP contribution in [0, 0.1) is 0 Å². The van der Waals surface area contributed by atoms with Crippen LogP contribution in [0.15, 0.2) is 65.6 Å². The number of halogens is 1. The van der Waals surface area contributed by atoms with Gasteiger partial charge in [0, 0.05) is 5.39 Å². The Morgan fingerprint density at radius 1 is 0.750 bits per heavy atom. The third-order valence-corrected chi connectivity index (χ3v) is 5.38. The van der Waals surface area contributed by atoms with E-state index in [1.807, 2.05) is 36.4 Å². The van der Waals surface area contributed by atoms with E-state index in [1.54, 1.807) is 12.1 Å². The van der Waals surface area contributed by atoms with Gasteiger partial charge in [0.2, 0.25) is 0 Å². The molecule has 0 aliphatic rings. The molecule has 0 saturated carbocycles. The number of hydrogen-bond donors (Lipinski definition) is 1. The van der Waals surface area contributed by atoms with Crippen molar-refractivity contribution in [2.24, 2.45) is 0 Å². The third kappa shape index (κ3) is 2.81. The SMILES string of the molecule is O=S(=O)(O)c1c(Cl)ccc2cc3cc4ccccc4cc3cc12.[LiH]. The van der Waals surface area contributed by atoms with Gasteiger partial charge in [-0.05, 0) is 57.3 Å². The molecular weight excluding hydrogens is 339 g/mol. The Morgan fingerprint density at radius 3 is 1.88 bits per heavy atom. The fourth-order valence-corrected chi connectivity index (χ4v) is 4.20. The van der Waals surface area contributed by atoms with Crippen LogP contribution >= 0.6 is 11.6 Å². The normalized spacial score (nSPS) is 11.8. The summed E-state index contributed by atoms with van der Waals surface area (Å²) >= 11 is 5.99. The van der Waals surface area contributed by atoms with Gasteiger partial charge in [-0.15, -0.1) is 0 Å². The van der Waals surface area contributed by atoms with Gasteiger partial charge in [0.15, 0.2) is 0 Å². The van der Waals surface area contributed by atoms with E-state index in [-0.39, 0.29) is 28.8 Å². The van der Waals surface area contributed by atoms with Crippen molar-refractivity contribution in [2.75, 3.05) is 0 Å². The van der Waals surface area contributed by atoms with Crippen LogP contribution in [0.25, 0.3) is 32.3 Å². The monoisotopic (exact) mass is 350 g/mol. The van der Waals surface area contributed by atoms with Crippen molar-refractivity contribution in [1.29, 1.82) is 0 Å². The van der Waals surface area contributed by atoms with Gasteiger partial charge >= 0.3 is 18.9 Å². The van der Waals surface area contributed by atoms with Crippen molar-refractivity contribution in [2.45, 2.75) is 4.90 Å². The maximum absolute atomic E-state index is 11.7. The molecule has 0 spiro atoms. The molecule has 3 nitrogen and oxygen atoms in total. The zero-order valence-electron chi connectivity index (χ0n) is 11.8. The Morgan fingerprint density at radius 2 is 1.29 bits per heavy atom. The first-order valence-corrected chi connectivity index (χ1v) is 8.77. The van der Waals surface area contributed by atoms with Crippen LogP contribution in [-0.4, -0.2) is 31.8 Å². The van der Waals surface area contributed by atoms with E-state index in [2.05, 4.69) is 6.07 Å². The van der Waals surface area contributed by atoms with Gasteiger partial charge in [0.05, 0.1) is 5.02 Å². The number of fused-ring (bicyclic) bond motifs is 3. The second-order valence-electron chi connectivity index (χ2n) is 5.47. The Balaban J connectivity index is 0.00000169. The summed E-state index contributed by atoms with van der Waals surface area (Å²) in [5.41, 5.74) is 0. The molecule has 0 amide bonds. The zero-order valence-corrected chi connectivity index (χ0v) is 13.4. The van der Waals surface area contributed by atoms with Gasteiger partial charge in [0.25, 0.3) is 10.1 Å². The summed E-state index contributed by atoms with van der Waals surface area (Å²) in [5, 5.41) is 5.22. The van der Waals surface area contributed by atoms with Crippen LogP contribution in [-0.2, 0) is 10.1 Å².